The van der Waals surface area contributed by atoms with Crippen molar-refractivity contribution < 1.29 is 25.3 Å². The Morgan fingerprint density at radius 2 is 1.24 bits per heavy atom. The van der Waals surface area contributed by atoms with E-state index in [1.165, 1.54) is 59.8 Å². The Morgan fingerprint density at radius 1 is 0.759 bits per heavy atom. The highest BCUT2D eigenvalue weighted by Gasteiger charge is 2.27. The maximum absolute atomic E-state index is 12.6. The number of sulfonamides is 2. The van der Waals surface area contributed by atoms with Gasteiger partial charge in [-0.3, -0.25) is 4.72 Å². The molecule has 1 aliphatic heterocycles. The van der Waals surface area contributed by atoms with Crippen LogP contribution in [0.3, 0.4) is 0 Å². The molecule has 0 bridgehead atoms. The molecule has 0 unspecified atom stereocenters. The van der Waals surface area contributed by atoms with Crippen LogP contribution in [0.15, 0.2) is 63.2 Å². The molecule has 1 N–H and O–H groups in total. The van der Waals surface area contributed by atoms with Crippen molar-refractivity contribution in [1.82, 2.24) is 4.31 Å². The summed E-state index contributed by atoms with van der Waals surface area (Å²) in [6, 6.07) is 10.4. The molecule has 11 heteroatoms. The smallest absolute Gasteiger partial charge is 0.261 e. The lowest BCUT2D eigenvalue weighted by Crippen LogP contribution is -2.27. The fourth-order valence-corrected chi connectivity index (χ4v) is 6.44. The van der Waals surface area contributed by atoms with Gasteiger partial charge in [-0.05, 0) is 61.4 Å². The third kappa shape index (κ3) is 4.63. The maximum Gasteiger partial charge on any atom is 0.261 e. The van der Waals surface area contributed by atoms with Gasteiger partial charge < -0.3 is 0 Å². The lowest BCUT2D eigenvalue weighted by atomic mass is 10.3. The number of hydrogen-bond acceptors (Lipinski definition) is 6. The Hall–Kier alpha value is -1.95. The second kappa shape index (κ2) is 8.05. The van der Waals surface area contributed by atoms with Gasteiger partial charge in [0.25, 0.3) is 10.0 Å². The normalized spacial score (nSPS) is 16.0. The number of nitrogens with one attached hydrogen (secondary N) is 1. The van der Waals surface area contributed by atoms with E-state index >= 15 is 0 Å². The third-order valence-electron chi connectivity index (χ3n) is 4.68. The van der Waals surface area contributed by atoms with Crippen LogP contribution in [-0.2, 0) is 29.9 Å². The summed E-state index contributed by atoms with van der Waals surface area (Å²) >= 11 is 0. The monoisotopic (exact) mass is 458 g/mol. The molecule has 158 valence electrons. The van der Waals surface area contributed by atoms with E-state index in [2.05, 4.69) is 4.72 Å². The zero-order chi connectivity index (χ0) is 21.3. The van der Waals surface area contributed by atoms with Crippen molar-refractivity contribution in [2.24, 2.45) is 0 Å². The van der Waals surface area contributed by atoms with Crippen molar-refractivity contribution in [2.75, 3.05) is 23.6 Å². The molecule has 3 rings (SSSR count). The van der Waals surface area contributed by atoms with E-state index in [-0.39, 0.29) is 26.1 Å². The number of nitrogens with zero attached hydrogens (tertiary/aromatic N) is 1. The van der Waals surface area contributed by atoms with Crippen molar-refractivity contribution in [1.29, 1.82) is 0 Å². The van der Waals surface area contributed by atoms with Gasteiger partial charge in [0.05, 0.1) is 20.4 Å². The fourth-order valence-electron chi connectivity index (χ4n) is 2.98. The Morgan fingerprint density at radius 3 is 1.76 bits per heavy atom. The summed E-state index contributed by atoms with van der Waals surface area (Å²) in [6.07, 6.45) is 1.63. The van der Waals surface area contributed by atoms with Crippen molar-refractivity contribution >= 4 is 35.6 Å². The summed E-state index contributed by atoms with van der Waals surface area (Å²) in [7, 11) is -11.0. The van der Waals surface area contributed by atoms with Gasteiger partial charge in [-0.2, -0.15) is 4.31 Å². The third-order valence-corrected chi connectivity index (χ3v) is 9.74. The SMILES string of the molecule is CCS(=O)(=O)c1ccc(NS(=O)(=O)c2ccc(S(=O)(=O)N3CCCC3)cc2)cc1. The zero-order valence-electron chi connectivity index (χ0n) is 15.8. The van der Waals surface area contributed by atoms with Crippen LogP contribution in [0.2, 0.25) is 0 Å². The topological polar surface area (TPSA) is 118 Å². The van der Waals surface area contributed by atoms with Crippen LogP contribution in [0.1, 0.15) is 19.8 Å². The first kappa shape index (κ1) is 21.8. The summed E-state index contributed by atoms with van der Waals surface area (Å²) in [6.45, 7) is 2.46. The molecule has 0 spiro atoms. The summed E-state index contributed by atoms with van der Waals surface area (Å²) < 4.78 is 77.6. The standard InChI is InChI=1S/C18H22N2O6S3/c1-2-27(21,22)16-7-5-15(6-8-16)19-28(23,24)17-9-11-18(12-10-17)29(25,26)20-13-3-4-14-20/h5-12,19H,2-4,13-14H2,1H3. The summed E-state index contributed by atoms with van der Waals surface area (Å²) in [5, 5.41) is 0. The van der Waals surface area contributed by atoms with Crippen LogP contribution in [-0.4, -0.2) is 48.4 Å². The minimum absolute atomic E-state index is 0.0486. The van der Waals surface area contributed by atoms with Gasteiger partial charge in [-0.15, -0.1) is 0 Å². The molecule has 8 nitrogen and oxygen atoms in total. The van der Waals surface area contributed by atoms with Crippen molar-refractivity contribution in [2.45, 2.75) is 34.5 Å². The largest absolute Gasteiger partial charge is 0.280 e. The van der Waals surface area contributed by atoms with E-state index in [0.29, 0.717) is 13.1 Å². The van der Waals surface area contributed by atoms with Crippen LogP contribution in [0.25, 0.3) is 0 Å². The molecular weight excluding hydrogens is 436 g/mol. The van der Waals surface area contributed by atoms with Gasteiger partial charge >= 0.3 is 0 Å². The minimum atomic E-state index is -3.96. The number of hydrogen-bond donors (Lipinski definition) is 1. The Bertz CT molecular complexity index is 1180. The second-order valence-corrected chi connectivity index (χ2v) is 12.5. The van der Waals surface area contributed by atoms with Crippen LogP contribution >= 0.6 is 0 Å². The molecule has 1 saturated heterocycles. The molecule has 0 aromatic heterocycles. The molecular formula is C18H22N2O6S3. The summed E-state index contributed by atoms with van der Waals surface area (Å²) in [5.74, 6) is -0.0508. The van der Waals surface area contributed by atoms with Crippen molar-refractivity contribution in [3.63, 3.8) is 0 Å². The predicted octanol–water partition coefficient (Wildman–Crippen LogP) is 2.07. The van der Waals surface area contributed by atoms with E-state index in [1.54, 1.807) is 0 Å². The summed E-state index contributed by atoms with van der Waals surface area (Å²) in [4.78, 5) is 0.0648. The van der Waals surface area contributed by atoms with Crippen molar-refractivity contribution in [3.8, 4) is 0 Å². The van der Waals surface area contributed by atoms with E-state index < -0.39 is 29.9 Å². The van der Waals surface area contributed by atoms with Gasteiger partial charge in [0.2, 0.25) is 10.0 Å². The van der Waals surface area contributed by atoms with E-state index in [9.17, 15) is 25.3 Å². The number of benzene rings is 2. The Labute approximate surface area is 171 Å². The van der Waals surface area contributed by atoms with Gasteiger partial charge in [0.1, 0.15) is 0 Å². The maximum atomic E-state index is 12.6. The number of anilines is 1. The van der Waals surface area contributed by atoms with Crippen LogP contribution in [0.4, 0.5) is 5.69 Å². The highest BCUT2D eigenvalue weighted by molar-refractivity contribution is 7.92. The number of rotatable bonds is 7. The molecule has 0 atom stereocenters. The van der Waals surface area contributed by atoms with Crippen LogP contribution < -0.4 is 4.72 Å². The Kier molecular flexibility index (Phi) is 6.04. The van der Waals surface area contributed by atoms with Gasteiger partial charge in [0.15, 0.2) is 9.84 Å². The lowest BCUT2D eigenvalue weighted by Gasteiger charge is -2.15. The molecule has 2 aromatic rings. The first-order valence-electron chi connectivity index (χ1n) is 9.02. The molecule has 29 heavy (non-hydrogen) atoms. The summed E-state index contributed by atoms with van der Waals surface area (Å²) in [5.41, 5.74) is 0.203. The van der Waals surface area contributed by atoms with Gasteiger partial charge in [-0.1, -0.05) is 6.92 Å². The highest BCUT2D eigenvalue weighted by atomic mass is 32.2. The molecule has 2 aromatic carbocycles. The molecule has 1 heterocycles. The van der Waals surface area contributed by atoms with Crippen LogP contribution in [0.5, 0.6) is 0 Å². The van der Waals surface area contributed by atoms with E-state index in [1.807, 2.05) is 0 Å². The van der Waals surface area contributed by atoms with Crippen LogP contribution in [0, 0.1) is 0 Å². The first-order chi connectivity index (χ1) is 13.6. The average Bonchev–Trinajstić information content (AvgIpc) is 3.24. The molecule has 1 fully saturated rings. The minimum Gasteiger partial charge on any atom is -0.280 e. The second-order valence-electron chi connectivity index (χ2n) is 6.62. The molecule has 0 saturated carbocycles. The fraction of sp³-hybridized carbons (Fsp3) is 0.333. The molecule has 0 amide bonds. The quantitative estimate of drug-likeness (QED) is 0.679. The number of sulfone groups is 1. The first-order valence-corrected chi connectivity index (χ1v) is 13.6. The van der Waals surface area contributed by atoms with E-state index in [4.69, 9.17) is 0 Å². The molecule has 1 aliphatic rings. The predicted molar refractivity (Wildman–Crippen MR) is 109 cm³/mol. The average molecular weight is 459 g/mol. The van der Waals surface area contributed by atoms with Crippen molar-refractivity contribution in [3.05, 3.63) is 48.5 Å². The Balaban J connectivity index is 1.79. The zero-order valence-corrected chi connectivity index (χ0v) is 18.2. The van der Waals surface area contributed by atoms with E-state index in [0.717, 1.165) is 12.8 Å². The van der Waals surface area contributed by atoms with Gasteiger partial charge in [-0.25, -0.2) is 25.3 Å². The van der Waals surface area contributed by atoms with Gasteiger partial charge in [0, 0.05) is 18.8 Å². The lowest BCUT2D eigenvalue weighted by molar-refractivity contribution is 0.477. The highest BCUT2D eigenvalue weighted by Crippen LogP contribution is 2.23. The molecule has 0 radical (unpaired) electrons. The molecule has 0 aliphatic carbocycles.